The van der Waals surface area contributed by atoms with Gasteiger partial charge in [-0.2, -0.15) is 0 Å². The van der Waals surface area contributed by atoms with E-state index < -0.39 is 11.9 Å². The van der Waals surface area contributed by atoms with Crippen LogP contribution in [0.25, 0.3) is 0 Å². The van der Waals surface area contributed by atoms with E-state index in [1.54, 1.807) is 0 Å². The zero-order valence-corrected chi connectivity index (χ0v) is 41.8. The fraction of sp³-hybridized carbons (Fsp3) is 0.720. The number of unbranched alkanes of at least 4 members (excludes halogenated alkanes) is 12. The summed E-state index contributed by atoms with van der Waals surface area (Å²) in [5.41, 5.74) is 2.46. The van der Waals surface area contributed by atoms with Gasteiger partial charge in [0.05, 0.1) is 37.6 Å². The molecule has 0 aliphatic rings. The van der Waals surface area contributed by atoms with Crippen LogP contribution in [0.4, 0.5) is 0 Å². The molecule has 2 N–H and O–H groups in total. The van der Waals surface area contributed by atoms with Crippen molar-refractivity contribution in [1.29, 1.82) is 0 Å². The van der Waals surface area contributed by atoms with Gasteiger partial charge in [-0.15, -0.1) is 0 Å². The van der Waals surface area contributed by atoms with Crippen molar-refractivity contribution < 1.29 is 39.5 Å². The van der Waals surface area contributed by atoms with Crippen LogP contribution in [-0.2, 0) is 32.3 Å². The molecule has 0 fully saturated rings. The maximum absolute atomic E-state index is 10.3. The predicted octanol–water partition coefficient (Wildman–Crippen LogP) is 9.95. The van der Waals surface area contributed by atoms with Gasteiger partial charge in [0.15, 0.2) is 0 Å². The smallest absolute Gasteiger partial charge is 0.550 e. The molecule has 2 aromatic carbocycles. The zero-order chi connectivity index (χ0) is 42.3. The van der Waals surface area contributed by atoms with Crippen LogP contribution in [0.3, 0.4) is 0 Å². The van der Waals surface area contributed by atoms with Crippen molar-refractivity contribution in [3.63, 3.8) is 0 Å². The molecule has 332 valence electrons. The maximum Gasteiger partial charge on any atom is 2.00 e. The second-order valence-corrected chi connectivity index (χ2v) is 16.4. The normalized spacial score (nSPS) is 13.1. The summed E-state index contributed by atoms with van der Waals surface area (Å²) in [6, 6.07) is 20.7. The molecule has 0 saturated heterocycles. The van der Waals surface area contributed by atoms with Crippen LogP contribution < -0.4 is 10.2 Å². The van der Waals surface area contributed by atoms with E-state index in [4.69, 9.17) is 9.47 Å². The fourth-order valence-corrected chi connectivity index (χ4v) is 7.35. The molecule has 0 aliphatic heterocycles. The number of carbonyl (C=O) groups excluding carboxylic acids is 2. The Morgan fingerprint density at radius 2 is 0.746 bits per heavy atom. The Bertz CT molecular complexity index is 1110. The number of hydrogen-bond donors (Lipinski definition) is 2. The van der Waals surface area contributed by atoms with Gasteiger partial charge >= 0.3 is 48.9 Å². The summed E-state index contributed by atoms with van der Waals surface area (Å²) < 4.78 is 12.2. The summed E-state index contributed by atoms with van der Waals surface area (Å²) in [6.07, 6.45) is 27.1. The van der Waals surface area contributed by atoms with Gasteiger partial charge in [-0.3, -0.25) is 0 Å². The summed E-state index contributed by atoms with van der Waals surface area (Å²) in [5.74, 6) is -1.91. The molecule has 4 unspecified atom stereocenters. The molecule has 0 saturated carbocycles. The first-order valence-electron chi connectivity index (χ1n) is 23.3. The summed E-state index contributed by atoms with van der Waals surface area (Å²) in [4.78, 5) is 20.7. The van der Waals surface area contributed by atoms with Crippen LogP contribution >= 0.6 is 0 Å². The predicted molar refractivity (Wildman–Crippen MR) is 238 cm³/mol. The first kappa shape index (κ1) is 57.8. The topological polar surface area (TPSA) is 139 Å². The molecule has 2 rings (SSSR count). The molecule has 0 aromatic heterocycles. The molecular weight excluding hydrogens is 866 g/mol. The van der Waals surface area contributed by atoms with E-state index in [-0.39, 0.29) is 73.9 Å². The molecule has 8 nitrogen and oxygen atoms in total. The second-order valence-electron chi connectivity index (χ2n) is 16.4. The Morgan fingerprint density at radius 3 is 1.07 bits per heavy atom. The minimum atomic E-state index is -0.954. The molecule has 0 radical (unpaired) electrons. The summed E-state index contributed by atoms with van der Waals surface area (Å²) in [5, 5.41) is 40.9. The number of ether oxygens (including phenoxy) is 2. The summed E-state index contributed by atoms with van der Waals surface area (Å²) in [6.45, 7) is 5.80. The number of carboxylic acids is 2. The van der Waals surface area contributed by atoms with Crippen molar-refractivity contribution in [3.05, 3.63) is 71.8 Å². The molecule has 4 atom stereocenters. The van der Waals surface area contributed by atoms with Crippen molar-refractivity contribution in [1.82, 2.24) is 0 Å². The number of carbonyl (C=O) groups is 2. The molecule has 0 amide bonds. The van der Waals surface area contributed by atoms with E-state index in [2.05, 4.69) is 62.4 Å². The summed E-state index contributed by atoms with van der Waals surface area (Å²) >= 11 is 0. The minimum Gasteiger partial charge on any atom is -0.550 e. The van der Waals surface area contributed by atoms with E-state index in [0.717, 1.165) is 154 Å². The average molecular weight is 949 g/mol. The number of aliphatic hydroxyl groups excluding tert-OH is 2. The van der Waals surface area contributed by atoms with Crippen LogP contribution in [0.1, 0.15) is 205 Å². The van der Waals surface area contributed by atoms with Gasteiger partial charge in [-0.1, -0.05) is 177 Å². The van der Waals surface area contributed by atoms with Crippen molar-refractivity contribution in [2.45, 2.75) is 231 Å². The summed E-state index contributed by atoms with van der Waals surface area (Å²) in [7, 11) is 0. The third kappa shape index (κ3) is 38.2. The van der Waals surface area contributed by atoms with E-state index in [1.807, 2.05) is 12.1 Å². The van der Waals surface area contributed by atoms with Gasteiger partial charge in [0.2, 0.25) is 0 Å². The van der Waals surface area contributed by atoms with E-state index >= 15 is 0 Å². The van der Waals surface area contributed by atoms with Gasteiger partial charge in [0, 0.05) is 11.9 Å². The van der Waals surface area contributed by atoms with Crippen LogP contribution in [0.15, 0.2) is 60.7 Å². The standard InChI is InChI=1S/2C25H42O4.Ba/c2*1-2-14-24(29-21-22-15-8-6-9-16-22)19-12-7-11-18-23(26)17-10-4-3-5-13-20-25(27)28;/h2*6,8-9,15-16,23-24,26H,2-5,7,10-14,17-21H2,1H3,(H,27,28);/q;;+2/p-2. The van der Waals surface area contributed by atoms with Gasteiger partial charge in [0.1, 0.15) is 0 Å². The Balaban J connectivity index is 0.00000112. The number of carboxylic acid groups (broad SMARTS) is 2. The van der Waals surface area contributed by atoms with Crippen LogP contribution in [0.5, 0.6) is 0 Å². The van der Waals surface area contributed by atoms with Crippen molar-refractivity contribution >= 4 is 60.8 Å². The Labute approximate surface area is 400 Å². The van der Waals surface area contributed by atoms with Gasteiger partial charge < -0.3 is 39.5 Å². The van der Waals surface area contributed by atoms with Crippen LogP contribution in [0, 0.1) is 0 Å². The molecular formula is C50H82BaO8. The molecule has 0 bridgehead atoms. The molecule has 9 heteroatoms. The van der Waals surface area contributed by atoms with Gasteiger partial charge in [-0.05, 0) is 88.2 Å². The number of benzene rings is 2. The van der Waals surface area contributed by atoms with E-state index in [9.17, 15) is 30.0 Å². The Morgan fingerprint density at radius 1 is 0.458 bits per heavy atom. The largest absolute Gasteiger partial charge is 2.00 e. The van der Waals surface area contributed by atoms with Crippen molar-refractivity contribution in [2.75, 3.05) is 0 Å². The van der Waals surface area contributed by atoms with Gasteiger partial charge in [0.25, 0.3) is 0 Å². The number of hydrogen-bond acceptors (Lipinski definition) is 8. The SMILES string of the molecule is CCCC(CCCCCC(O)CCCCCCCC(=O)[O-])OCc1ccccc1.CCCC(CCCCCC(O)CCCCCCCC(=O)[O-])OCc1ccccc1.[Ba+2]. The molecule has 0 heterocycles. The quantitative estimate of drug-likeness (QED) is 0.0501. The number of aliphatic hydroxyl groups is 2. The first-order valence-corrected chi connectivity index (χ1v) is 23.3. The molecule has 0 spiro atoms. The minimum absolute atomic E-state index is 0. The second kappa shape index (κ2) is 42.1. The first-order chi connectivity index (χ1) is 28.2. The number of aliphatic carboxylic acids is 2. The van der Waals surface area contributed by atoms with Crippen molar-refractivity contribution in [3.8, 4) is 0 Å². The number of rotatable bonds is 38. The third-order valence-corrected chi connectivity index (χ3v) is 10.8. The van der Waals surface area contributed by atoms with E-state index in [0.29, 0.717) is 38.3 Å². The molecule has 59 heavy (non-hydrogen) atoms. The monoisotopic (exact) mass is 949 g/mol. The van der Waals surface area contributed by atoms with Crippen LogP contribution in [0.2, 0.25) is 0 Å². The Kier molecular flexibility index (Phi) is 41.2. The van der Waals surface area contributed by atoms with Crippen molar-refractivity contribution in [2.24, 2.45) is 0 Å². The zero-order valence-electron chi connectivity index (χ0n) is 37.3. The third-order valence-electron chi connectivity index (χ3n) is 10.8. The maximum atomic E-state index is 10.3. The molecule has 2 aromatic rings. The van der Waals surface area contributed by atoms with Gasteiger partial charge in [-0.25, -0.2) is 0 Å². The fourth-order valence-electron chi connectivity index (χ4n) is 7.35. The van der Waals surface area contributed by atoms with E-state index in [1.165, 1.54) is 11.1 Å². The Hall–Kier alpha value is -1.21. The average Bonchev–Trinajstić information content (AvgIpc) is 3.21. The molecule has 0 aliphatic carbocycles. The van der Waals surface area contributed by atoms with Crippen LogP contribution in [-0.4, -0.2) is 95.4 Å².